The fraction of sp³-hybridized carbons (Fsp3) is 0.370. The first-order chi connectivity index (χ1) is 16.2. The van der Waals surface area contributed by atoms with Crippen LogP contribution in [0.25, 0.3) is 28.2 Å². The molecule has 2 N–H and O–H groups in total. The molecule has 6 heteroatoms. The van der Waals surface area contributed by atoms with Crippen molar-refractivity contribution in [3.8, 4) is 11.3 Å². The van der Waals surface area contributed by atoms with Crippen LogP contribution in [0, 0.1) is 0 Å². The fourth-order valence-corrected chi connectivity index (χ4v) is 4.00. The lowest BCUT2D eigenvalue weighted by Gasteiger charge is -2.26. The topological polar surface area (TPSA) is 78.4 Å². The van der Waals surface area contributed by atoms with E-state index in [4.69, 9.17) is 10.1 Å². The van der Waals surface area contributed by atoms with E-state index >= 15 is 0 Å². The van der Waals surface area contributed by atoms with Gasteiger partial charge in [-0.3, -0.25) is 4.98 Å². The number of nitrogens with zero attached hydrogens (tertiary/aromatic N) is 3. The van der Waals surface area contributed by atoms with E-state index in [1.54, 1.807) is 12.3 Å². The fourth-order valence-electron chi connectivity index (χ4n) is 4.00. The van der Waals surface area contributed by atoms with Crippen molar-refractivity contribution in [1.29, 1.82) is 0 Å². The van der Waals surface area contributed by atoms with Crippen molar-refractivity contribution >= 4 is 28.6 Å². The van der Waals surface area contributed by atoms with Crippen LogP contribution in [0.4, 0.5) is 5.69 Å². The molecule has 2 aromatic heterocycles. The van der Waals surface area contributed by atoms with Crippen molar-refractivity contribution in [3.63, 3.8) is 0 Å². The summed E-state index contributed by atoms with van der Waals surface area (Å²) in [6.07, 6.45) is 11.5. The summed E-state index contributed by atoms with van der Waals surface area (Å²) in [6, 6.07) is 11.8. The maximum absolute atomic E-state index is 10.7. The Labute approximate surface area is 196 Å². The second-order valence-corrected chi connectivity index (χ2v) is 7.92. The summed E-state index contributed by atoms with van der Waals surface area (Å²) in [5.74, 6) is -0.954. The summed E-state index contributed by atoms with van der Waals surface area (Å²) >= 11 is 0. The molecule has 3 aromatic rings. The van der Waals surface area contributed by atoms with Gasteiger partial charge in [0.1, 0.15) is 0 Å². The highest BCUT2D eigenvalue weighted by Crippen LogP contribution is 2.28. The van der Waals surface area contributed by atoms with E-state index < -0.39 is 5.97 Å². The third kappa shape index (κ3) is 7.12. The number of pyridine rings is 2. The number of hydrogen-bond donors (Lipinski definition) is 2. The Hall–Kier alpha value is -3.25. The zero-order chi connectivity index (χ0) is 23.5. The van der Waals surface area contributed by atoms with Crippen molar-refractivity contribution in [3.05, 3.63) is 60.4 Å². The summed E-state index contributed by atoms with van der Waals surface area (Å²) in [5.41, 5.74) is 4.66. The van der Waals surface area contributed by atoms with E-state index in [2.05, 4.69) is 21.3 Å². The third-order valence-corrected chi connectivity index (χ3v) is 5.65. The number of benzene rings is 1. The van der Waals surface area contributed by atoms with Crippen molar-refractivity contribution in [2.45, 2.75) is 39.5 Å². The predicted molar refractivity (Wildman–Crippen MR) is 136 cm³/mol. The quantitative estimate of drug-likeness (QED) is 0.341. The second-order valence-electron chi connectivity index (χ2n) is 7.92. The van der Waals surface area contributed by atoms with Gasteiger partial charge in [0.25, 0.3) is 0 Å². The monoisotopic (exact) mass is 446 g/mol. The number of aromatic nitrogens is 2. The highest BCUT2D eigenvalue weighted by molar-refractivity contribution is 5.93. The number of carboxylic acid groups (broad SMARTS) is 1. The SMILES string of the molecule is CC.O=C(O)/C=C/c1ccc(-c2cc(NCCCN3CCCCC3)c3cnccc3n2)cc1. The largest absolute Gasteiger partial charge is 0.478 e. The van der Waals surface area contributed by atoms with Crippen LogP contribution in [0.2, 0.25) is 0 Å². The van der Waals surface area contributed by atoms with Crippen LogP contribution in [0.1, 0.15) is 45.1 Å². The van der Waals surface area contributed by atoms with Gasteiger partial charge in [-0.15, -0.1) is 0 Å². The molecule has 0 aliphatic carbocycles. The lowest BCUT2D eigenvalue weighted by Crippen LogP contribution is -2.31. The normalized spacial score (nSPS) is 14.1. The zero-order valence-electron chi connectivity index (χ0n) is 19.6. The van der Waals surface area contributed by atoms with Crippen LogP contribution in [-0.4, -0.2) is 52.1 Å². The summed E-state index contributed by atoms with van der Waals surface area (Å²) in [6.45, 7) is 8.49. The Balaban J connectivity index is 0.00000149. The van der Waals surface area contributed by atoms with E-state index in [1.807, 2.05) is 50.4 Å². The minimum absolute atomic E-state index is 0.840. The highest BCUT2D eigenvalue weighted by atomic mass is 16.4. The summed E-state index contributed by atoms with van der Waals surface area (Å²) in [5, 5.41) is 13.4. The Bertz CT molecular complexity index is 1060. The third-order valence-electron chi connectivity index (χ3n) is 5.65. The molecular formula is C27H34N4O2. The Morgan fingerprint density at radius 3 is 2.61 bits per heavy atom. The average molecular weight is 447 g/mol. The molecule has 1 aliphatic heterocycles. The van der Waals surface area contributed by atoms with Crippen LogP contribution in [-0.2, 0) is 4.79 Å². The van der Waals surface area contributed by atoms with E-state index in [-0.39, 0.29) is 0 Å². The number of carboxylic acids is 1. The molecule has 0 unspecified atom stereocenters. The molecule has 0 spiro atoms. The highest BCUT2D eigenvalue weighted by Gasteiger charge is 2.10. The van der Waals surface area contributed by atoms with Gasteiger partial charge in [0.15, 0.2) is 0 Å². The van der Waals surface area contributed by atoms with Crippen molar-refractivity contribution < 1.29 is 9.90 Å². The average Bonchev–Trinajstić information content (AvgIpc) is 2.87. The molecule has 0 radical (unpaired) electrons. The predicted octanol–water partition coefficient (Wildman–Crippen LogP) is 5.71. The number of carbonyl (C=O) groups is 1. The van der Waals surface area contributed by atoms with Gasteiger partial charge in [-0.2, -0.15) is 0 Å². The maximum Gasteiger partial charge on any atom is 0.328 e. The molecule has 0 atom stereocenters. The van der Waals surface area contributed by atoms with E-state index in [9.17, 15) is 4.79 Å². The maximum atomic E-state index is 10.7. The van der Waals surface area contributed by atoms with Gasteiger partial charge in [-0.05, 0) is 62.7 Å². The van der Waals surface area contributed by atoms with Gasteiger partial charge in [0, 0.05) is 41.7 Å². The molecule has 4 rings (SSSR count). The van der Waals surface area contributed by atoms with Gasteiger partial charge >= 0.3 is 5.97 Å². The van der Waals surface area contributed by atoms with Gasteiger partial charge in [-0.25, -0.2) is 9.78 Å². The summed E-state index contributed by atoms with van der Waals surface area (Å²) < 4.78 is 0. The van der Waals surface area contributed by atoms with Gasteiger partial charge in [-0.1, -0.05) is 44.5 Å². The Morgan fingerprint density at radius 1 is 1.12 bits per heavy atom. The lowest BCUT2D eigenvalue weighted by molar-refractivity contribution is -0.131. The molecule has 0 bridgehead atoms. The van der Waals surface area contributed by atoms with Crippen LogP contribution in [0.5, 0.6) is 0 Å². The zero-order valence-corrected chi connectivity index (χ0v) is 19.6. The number of piperidine rings is 1. The molecule has 3 heterocycles. The van der Waals surface area contributed by atoms with Crippen LogP contribution in [0.3, 0.4) is 0 Å². The summed E-state index contributed by atoms with van der Waals surface area (Å²) in [4.78, 5) is 22.4. The molecule has 1 fully saturated rings. The van der Waals surface area contributed by atoms with Crippen molar-refractivity contribution in [1.82, 2.24) is 14.9 Å². The Kier molecular flexibility index (Phi) is 9.39. The minimum atomic E-state index is -0.954. The number of likely N-dealkylation sites (tertiary alicyclic amines) is 1. The molecular weight excluding hydrogens is 412 g/mol. The lowest BCUT2D eigenvalue weighted by atomic mass is 10.1. The molecule has 0 amide bonds. The number of hydrogen-bond acceptors (Lipinski definition) is 5. The number of aliphatic carboxylic acids is 1. The van der Waals surface area contributed by atoms with E-state index in [0.29, 0.717) is 0 Å². The van der Waals surface area contributed by atoms with Crippen LogP contribution >= 0.6 is 0 Å². The second kappa shape index (κ2) is 12.7. The molecule has 174 valence electrons. The molecule has 1 aromatic carbocycles. The van der Waals surface area contributed by atoms with Crippen molar-refractivity contribution in [2.24, 2.45) is 0 Å². The summed E-state index contributed by atoms with van der Waals surface area (Å²) in [7, 11) is 0. The van der Waals surface area contributed by atoms with E-state index in [1.165, 1.54) is 32.4 Å². The standard InChI is InChI=1S/C25H28N4O2.C2H6/c30-25(31)10-7-19-5-8-20(9-6-19)23-17-24(21-18-26-13-11-22(21)28-23)27-12-4-16-29-14-2-1-3-15-29;1-2/h5-11,13,17-18H,1-4,12,14-16H2,(H,27,28)(H,30,31);1-2H3/b10-7+;. The van der Waals surface area contributed by atoms with Gasteiger partial charge < -0.3 is 15.3 Å². The number of fused-ring (bicyclic) bond motifs is 1. The first kappa shape index (κ1) is 24.4. The van der Waals surface area contributed by atoms with Crippen LogP contribution < -0.4 is 5.32 Å². The first-order valence-electron chi connectivity index (χ1n) is 11.9. The first-order valence-corrected chi connectivity index (χ1v) is 11.9. The smallest absolute Gasteiger partial charge is 0.328 e. The van der Waals surface area contributed by atoms with Gasteiger partial charge in [0.05, 0.1) is 11.2 Å². The molecule has 0 saturated carbocycles. The van der Waals surface area contributed by atoms with Gasteiger partial charge in [0.2, 0.25) is 0 Å². The number of rotatable bonds is 8. The molecule has 1 aliphatic rings. The molecule has 1 saturated heterocycles. The number of anilines is 1. The van der Waals surface area contributed by atoms with Crippen molar-refractivity contribution in [2.75, 3.05) is 31.5 Å². The molecule has 33 heavy (non-hydrogen) atoms. The molecule has 6 nitrogen and oxygen atoms in total. The van der Waals surface area contributed by atoms with Crippen LogP contribution in [0.15, 0.2) is 54.9 Å². The Morgan fingerprint density at radius 2 is 1.88 bits per heavy atom. The van der Waals surface area contributed by atoms with E-state index in [0.717, 1.165) is 59.0 Å². The minimum Gasteiger partial charge on any atom is -0.478 e. The number of nitrogens with one attached hydrogen (secondary N) is 1.